The van der Waals surface area contributed by atoms with Crippen LogP contribution in [0.5, 0.6) is 0 Å². The van der Waals surface area contributed by atoms with Crippen LogP contribution in [0.3, 0.4) is 0 Å². The molecular formula is C20H23N3O3. The van der Waals surface area contributed by atoms with Crippen LogP contribution in [0, 0.1) is 5.92 Å². The van der Waals surface area contributed by atoms with Gasteiger partial charge in [-0.1, -0.05) is 18.2 Å². The van der Waals surface area contributed by atoms with Crippen LogP contribution in [0.4, 0.5) is 5.82 Å². The molecule has 1 aromatic heterocycles. The van der Waals surface area contributed by atoms with Gasteiger partial charge in [-0.25, -0.2) is 4.98 Å². The number of nitrogens with one attached hydrogen (secondary N) is 1. The van der Waals surface area contributed by atoms with Gasteiger partial charge in [0.05, 0.1) is 17.7 Å². The van der Waals surface area contributed by atoms with Gasteiger partial charge >= 0.3 is 5.97 Å². The van der Waals surface area contributed by atoms with Crippen LogP contribution in [0.1, 0.15) is 36.0 Å². The van der Waals surface area contributed by atoms with E-state index in [1.54, 1.807) is 0 Å². The van der Waals surface area contributed by atoms with E-state index in [4.69, 9.17) is 9.72 Å². The predicted octanol–water partition coefficient (Wildman–Crippen LogP) is 2.52. The molecule has 1 aromatic carbocycles. The third-order valence-electron chi connectivity index (χ3n) is 4.92. The van der Waals surface area contributed by atoms with Gasteiger partial charge in [0.15, 0.2) is 0 Å². The van der Waals surface area contributed by atoms with Crippen LogP contribution in [-0.4, -0.2) is 43.1 Å². The Morgan fingerprint density at radius 3 is 2.73 bits per heavy atom. The molecule has 1 amide bonds. The number of aromatic nitrogens is 1. The van der Waals surface area contributed by atoms with E-state index in [9.17, 15) is 9.59 Å². The number of carbonyl (C=O) groups is 2. The molecule has 136 valence electrons. The van der Waals surface area contributed by atoms with Crippen molar-refractivity contribution in [1.82, 2.24) is 10.3 Å². The molecule has 6 heteroatoms. The Kier molecular flexibility index (Phi) is 4.73. The second-order valence-electron chi connectivity index (χ2n) is 7.06. The molecule has 0 spiro atoms. The molecule has 0 atom stereocenters. The van der Waals surface area contributed by atoms with Gasteiger partial charge in [-0.05, 0) is 43.7 Å². The van der Waals surface area contributed by atoms with E-state index in [0.29, 0.717) is 23.9 Å². The monoisotopic (exact) mass is 353 g/mol. The first kappa shape index (κ1) is 16.8. The lowest BCUT2D eigenvalue weighted by Gasteiger charge is -2.20. The molecule has 1 saturated heterocycles. The number of esters is 1. The van der Waals surface area contributed by atoms with Crippen molar-refractivity contribution in [2.75, 3.05) is 31.1 Å². The number of amides is 1. The SMILES string of the molecule is O=C(CNC(=O)c1cc2ccccc2nc1N1CCCC1)OCC1CC1. The maximum Gasteiger partial charge on any atom is 0.325 e. The smallest absolute Gasteiger partial charge is 0.325 e. The third kappa shape index (κ3) is 3.79. The van der Waals surface area contributed by atoms with Crippen LogP contribution in [0.15, 0.2) is 30.3 Å². The lowest BCUT2D eigenvalue weighted by molar-refractivity contribution is -0.142. The Balaban J connectivity index is 1.51. The highest BCUT2D eigenvalue weighted by molar-refractivity contribution is 6.03. The number of hydrogen-bond acceptors (Lipinski definition) is 5. The van der Waals surface area contributed by atoms with E-state index in [1.165, 1.54) is 0 Å². The summed E-state index contributed by atoms with van der Waals surface area (Å²) in [7, 11) is 0. The summed E-state index contributed by atoms with van der Waals surface area (Å²) in [4.78, 5) is 31.4. The highest BCUT2D eigenvalue weighted by Gasteiger charge is 2.24. The Morgan fingerprint density at radius 1 is 1.19 bits per heavy atom. The second-order valence-corrected chi connectivity index (χ2v) is 7.06. The summed E-state index contributed by atoms with van der Waals surface area (Å²) in [5, 5.41) is 3.61. The summed E-state index contributed by atoms with van der Waals surface area (Å²) in [6.07, 6.45) is 4.45. The average Bonchev–Trinajstić information content (AvgIpc) is 3.34. The number of rotatable bonds is 6. The Bertz CT molecular complexity index is 826. The van der Waals surface area contributed by atoms with Gasteiger partial charge in [0.1, 0.15) is 12.4 Å². The molecule has 6 nitrogen and oxygen atoms in total. The summed E-state index contributed by atoms with van der Waals surface area (Å²) in [5.74, 6) is 0.543. The van der Waals surface area contributed by atoms with Gasteiger partial charge in [0.2, 0.25) is 0 Å². The van der Waals surface area contributed by atoms with Crippen molar-refractivity contribution >= 4 is 28.6 Å². The number of carbonyl (C=O) groups excluding carboxylic acids is 2. The number of pyridine rings is 1. The molecule has 2 fully saturated rings. The summed E-state index contributed by atoms with van der Waals surface area (Å²) >= 11 is 0. The van der Waals surface area contributed by atoms with Crippen LogP contribution in [0.2, 0.25) is 0 Å². The fourth-order valence-electron chi connectivity index (χ4n) is 3.24. The predicted molar refractivity (Wildman–Crippen MR) is 99.2 cm³/mol. The van der Waals surface area contributed by atoms with Crippen molar-refractivity contribution in [3.8, 4) is 0 Å². The molecular weight excluding hydrogens is 330 g/mol. The quantitative estimate of drug-likeness (QED) is 0.808. The van der Waals surface area contributed by atoms with Gasteiger partial charge in [-0.3, -0.25) is 9.59 Å². The van der Waals surface area contributed by atoms with Gasteiger partial charge < -0.3 is 15.0 Å². The number of anilines is 1. The summed E-state index contributed by atoms with van der Waals surface area (Å²) in [6.45, 7) is 2.15. The summed E-state index contributed by atoms with van der Waals surface area (Å²) in [6, 6.07) is 9.62. The first-order valence-corrected chi connectivity index (χ1v) is 9.29. The van der Waals surface area contributed by atoms with Gasteiger partial charge in [0, 0.05) is 18.5 Å². The number of nitrogens with zero attached hydrogens (tertiary/aromatic N) is 2. The third-order valence-corrected chi connectivity index (χ3v) is 4.92. The topological polar surface area (TPSA) is 71.5 Å². The van der Waals surface area contributed by atoms with E-state index in [1.807, 2.05) is 30.3 Å². The number of benzene rings is 1. The highest BCUT2D eigenvalue weighted by Crippen LogP contribution is 2.29. The van der Waals surface area contributed by atoms with Crippen LogP contribution >= 0.6 is 0 Å². The van der Waals surface area contributed by atoms with Crippen molar-refractivity contribution in [3.63, 3.8) is 0 Å². The van der Waals surface area contributed by atoms with Gasteiger partial charge in [-0.2, -0.15) is 0 Å². The van der Waals surface area contributed by atoms with Gasteiger partial charge in [-0.15, -0.1) is 0 Å². The van der Waals surface area contributed by atoms with Crippen molar-refractivity contribution in [1.29, 1.82) is 0 Å². The minimum absolute atomic E-state index is 0.113. The van der Waals surface area contributed by atoms with Crippen molar-refractivity contribution < 1.29 is 14.3 Å². The zero-order valence-corrected chi connectivity index (χ0v) is 14.7. The number of para-hydroxylation sites is 1. The summed E-state index contributed by atoms with van der Waals surface area (Å²) < 4.78 is 5.17. The molecule has 1 N–H and O–H groups in total. The Labute approximate surface area is 152 Å². The van der Waals surface area contributed by atoms with Crippen LogP contribution in [0.25, 0.3) is 10.9 Å². The first-order valence-electron chi connectivity index (χ1n) is 9.29. The minimum Gasteiger partial charge on any atom is -0.464 e. The first-order chi connectivity index (χ1) is 12.7. The van der Waals surface area contributed by atoms with Crippen molar-refractivity contribution in [2.24, 2.45) is 5.92 Å². The molecule has 2 aromatic rings. The number of hydrogen-bond donors (Lipinski definition) is 1. The van der Waals surface area contributed by atoms with Crippen LogP contribution < -0.4 is 10.2 Å². The number of ether oxygens (including phenoxy) is 1. The molecule has 1 aliphatic carbocycles. The molecule has 0 bridgehead atoms. The molecule has 2 aliphatic rings. The summed E-state index contributed by atoms with van der Waals surface area (Å²) in [5.41, 5.74) is 1.38. The Hall–Kier alpha value is -2.63. The highest BCUT2D eigenvalue weighted by atomic mass is 16.5. The van der Waals surface area contributed by atoms with Crippen LogP contribution in [-0.2, 0) is 9.53 Å². The van der Waals surface area contributed by atoms with Gasteiger partial charge in [0.25, 0.3) is 5.91 Å². The molecule has 0 unspecified atom stereocenters. The molecule has 1 aliphatic heterocycles. The molecule has 26 heavy (non-hydrogen) atoms. The van der Waals surface area contributed by atoms with Crippen molar-refractivity contribution in [3.05, 3.63) is 35.9 Å². The zero-order chi connectivity index (χ0) is 17.9. The maximum atomic E-state index is 12.7. The Morgan fingerprint density at radius 2 is 1.96 bits per heavy atom. The maximum absolute atomic E-state index is 12.7. The van der Waals surface area contributed by atoms with E-state index in [2.05, 4.69) is 10.2 Å². The zero-order valence-electron chi connectivity index (χ0n) is 14.7. The molecule has 4 rings (SSSR count). The lowest BCUT2D eigenvalue weighted by Crippen LogP contribution is -2.33. The lowest BCUT2D eigenvalue weighted by atomic mass is 10.1. The second kappa shape index (κ2) is 7.32. The molecule has 1 saturated carbocycles. The number of fused-ring (bicyclic) bond motifs is 1. The van der Waals surface area contributed by atoms with E-state index >= 15 is 0 Å². The normalized spacial score (nSPS) is 16.7. The fourth-order valence-corrected chi connectivity index (χ4v) is 3.24. The minimum atomic E-state index is -0.387. The largest absolute Gasteiger partial charge is 0.464 e. The van der Waals surface area contributed by atoms with E-state index in [0.717, 1.165) is 49.7 Å². The average molecular weight is 353 g/mol. The molecule has 0 radical (unpaired) electrons. The van der Waals surface area contributed by atoms with E-state index in [-0.39, 0.29) is 18.4 Å². The fraction of sp³-hybridized carbons (Fsp3) is 0.450. The standard InChI is InChI=1S/C20H23N3O3/c24-18(26-13-14-7-8-14)12-21-20(25)16-11-15-5-1-2-6-17(15)22-19(16)23-9-3-4-10-23/h1-2,5-6,11,14H,3-4,7-10,12-13H2,(H,21,25). The molecule has 2 heterocycles. The van der Waals surface area contributed by atoms with E-state index < -0.39 is 0 Å². The van der Waals surface area contributed by atoms with Crippen molar-refractivity contribution in [2.45, 2.75) is 25.7 Å².